The van der Waals surface area contributed by atoms with Gasteiger partial charge < -0.3 is 5.73 Å². The highest BCUT2D eigenvalue weighted by molar-refractivity contribution is 6.34. The first-order valence-corrected chi connectivity index (χ1v) is 4.55. The molecule has 14 heavy (non-hydrogen) atoms. The monoisotopic (exact) mass is 228 g/mol. The smallest absolute Gasteiger partial charge is 0.166 e. The van der Waals surface area contributed by atoms with E-state index in [9.17, 15) is 0 Å². The molecule has 0 atom stereocenters. The number of benzene rings is 1. The van der Waals surface area contributed by atoms with Crippen LogP contribution in [0.2, 0.25) is 10.0 Å². The van der Waals surface area contributed by atoms with E-state index >= 15 is 0 Å². The zero-order valence-corrected chi connectivity index (χ0v) is 8.50. The second kappa shape index (κ2) is 3.48. The molecule has 0 aliphatic carbocycles. The molecule has 0 aliphatic heterocycles. The minimum absolute atomic E-state index is 0.334. The minimum atomic E-state index is 0.334. The summed E-state index contributed by atoms with van der Waals surface area (Å²) < 4.78 is 0. The highest BCUT2D eigenvalue weighted by Gasteiger charge is 2.05. The van der Waals surface area contributed by atoms with Gasteiger partial charge in [-0.05, 0) is 18.2 Å². The number of hydrogen-bond acceptors (Lipinski definition) is 3. The summed E-state index contributed by atoms with van der Waals surface area (Å²) in [4.78, 5) is 1.34. The van der Waals surface area contributed by atoms with E-state index in [2.05, 4.69) is 10.2 Å². The zero-order chi connectivity index (χ0) is 10.1. The second-order valence-corrected chi connectivity index (χ2v) is 3.50. The number of nitrogens with two attached hydrogens (primary N) is 1. The Bertz CT molecular complexity index is 466. The zero-order valence-electron chi connectivity index (χ0n) is 6.98. The Morgan fingerprint density at radius 3 is 2.71 bits per heavy atom. The van der Waals surface area contributed by atoms with E-state index < -0.39 is 0 Å². The van der Waals surface area contributed by atoms with Gasteiger partial charge in [-0.1, -0.05) is 23.2 Å². The van der Waals surface area contributed by atoms with Crippen molar-refractivity contribution < 1.29 is 0 Å². The summed E-state index contributed by atoms with van der Waals surface area (Å²) >= 11 is 11.8. The van der Waals surface area contributed by atoms with Gasteiger partial charge in [0.25, 0.3) is 0 Å². The Hall–Kier alpha value is -1.26. The molecule has 0 aliphatic rings. The lowest BCUT2D eigenvalue weighted by atomic mass is 10.3. The van der Waals surface area contributed by atoms with Gasteiger partial charge in [0.2, 0.25) is 0 Å². The molecule has 0 bridgehead atoms. The molecule has 1 heterocycles. The average Bonchev–Trinajstić information content (AvgIpc) is 2.56. The van der Waals surface area contributed by atoms with E-state index in [1.807, 2.05) is 0 Å². The topological polar surface area (TPSA) is 56.7 Å². The predicted molar refractivity (Wildman–Crippen MR) is 55.8 cm³/mol. The number of rotatable bonds is 1. The normalized spacial score (nSPS) is 10.4. The molecule has 2 rings (SSSR count). The summed E-state index contributed by atoms with van der Waals surface area (Å²) in [6, 6.07) is 5.04. The van der Waals surface area contributed by atoms with Gasteiger partial charge in [-0.2, -0.15) is 5.10 Å². The lowest BCUT2D eigenvalue weighted by molar-refractivity contribution is 0.754. The van der Waals surface area contributed by atoms with Gasteiger partial charge in [-0.25, -0.2) is 0 Å². The molecule has 2 N–H and O–H groups in total. The summed E-state index contributed by atoms with van der Waals surface area (Å²) in [7, 11) is 0. The van der Waals surface area contributed by atoms with Crippen molar-refractivity contribution in [3.8, 4) is 5.69 Å². The van der Waals surface area contributed by atoms with Crippen LogP contribution in [0.3, 0.4) is 0 Å². The van der Waals surface area contributed by atoms with Crippen LogP contribution in [0.25, 0.3) is 5.69 Å². The fraction of sp³-hybridized carbons (Fsp3) is 0. The molecule has 0 saturated heterocycles. The first kappa shape index (κ1) is 9.30. The fourth-order valence-corrected chi connectivity index (χ4v) is 1.39. The predicted octanol–water partition coefficient (Wildman–Crippen LogP) is 2.16. The molecule has 0 unspecified atom stereocenters. The Morgan fingerprint density at radius 1 is 1.29 bits per heavy atom. The van der Waals surface area contributed by atoms with Crippen molar-refractivity contribution in [2.45, 2.75) is 0 Å². The van der Waals surface area contributed by atoms with Crippen LogP contribution in [-0.4, -0.2) is 15.0 Å². The van der Waals surface area contributed by atoms with Crippen LogP contribution >= 0.6 is 23.2 Å². The van der Waals surface area contributed by atoms with Gasteiger partial charge in [0, 0.05) is 5.02 Å². The molecule has 0 amide bonds. The van der Waals surface area contributed by atoms with Crippen molar-refractivity contribution in [3.63, 3.8) is 0 Å². The van der Waals surface area contributed by atoms with Crippen molar-refractivity contribution in [2.24, 2.45) is 0 Å². The molecule has 1 aromatic heterocycles. The van der Waals surface area contributed by atoms with Crippen molar-refractivity contribution >= 4 is 29.0 Å². The molecule has 0 spiro atoms. The third-order valence-corrected chi connectivity index (χ3v) is 2.19. The Labute approximate surface area is 90.2 Å². The molecule has 4 nitrogen and oxygen atoms in total. The van der Waals surface area contributed by atoms with E-state index in [4.69, 9.17) is 28.9 Å². The maximum atomic E-state index is 5.94. The fourth-order valence-electron chi connectivity index (χ4n) is 1.03. The molecular weight excluding hydrogens is 223 g/mol. The standard InChI is InChI=1S/C8H6Cl2N4/c9-5-1-2-6(10)7(3-5)14-12-4-8(11)13-14/h1-4H,(H2,11,13). The molecule has 0 radical (unpaired) electrons. The number of anilines is 1. The second-order valence-electron chi connectivity index (χ2n) is 2.65. The van der Waals surface area contributed by atoms with Crippen molar-refractivity contribution in [1.82, 2.24) is 15.0 Å². The molecule has 1 aromatic carbocycles. The van der Waals surface area contributed by atoms with Crippen LogP contribution in [0.5, 0.6) is 0 Å². The van der Waals surface area contributed by atoms with Crippen LogP contribution in [-0.2, 0) is 0 Å². The van der Waals surface area contributed by atoms with Gasteiger partial charge in [0.1, 0.15) is 5.69 Å². The Morgan fingerprint density at radius 2 is 2.07 bits per heavy atom. The molecule has 0 saturated carbocycles. The third kappa shape index (κ3) is 1.66. The SMILES string of the molecule is Nc1cnn(-c2cc(Cl)ccc2Cl)n1. The van der Waals surface area contributed by atoms with Gasteiger partial charge in [0.05, 0.1) is 11.2 Å². The number of nitrogens with zero attached hydrogens (tertiary/aromatic N) is 3. The molecule has 0 fully saturated rings. The van der Waals surface area contributed by atoms with Crippen LogP contribution < -0.4 is 5.73 Å². The van der Waals surface area contributed by atoms with E-state index in [1.54, 1.807) is 18.2 Å². The van der Waals surface area contributed by atoms with Crippen molar-refractivity contribution in [3.05, 3.63) is 34.4 Å². The summed E-state index contributed by atoms with van der Waals surface area (Å²) in [6.45, 7) is 0. The number of aromatic nitrogens is 3. The Balaban J connectivity index is 2.55. The first-order chi connectivity index (χ1) is 6.66. The highest BCUT2D eigenvalue weighted by atomic mass is 35.5. The average molecular weight is 229 g/mol. The van der Waals surface area contributed by atoms with Crippen LogP contribution in [0.4, 0.5) is 5.82 Å². The summed E-state index contributed by atoms with van der Waals surface area (Å²) in [5.41, 5.74) is 6.04. The van der Waals surface area contributed by atoms with E-state index in [0.717, 1.165) is 0 Å². The van der Waals surface area contributed by atoms with Crippen LogP contribution in [0, 0.1) is 0 Å². The van der Waals surface area contributed by atoms with E-state index in [-0.39, 0.29) is 0 Å². The minimum Gasteiger partial charge on any atom is -0.381 e. The maximum absolute atomic E-state index is 5.94. The van der Waals surface area contributed by atoms with Gasteiger partial charge in [0.15, 0.2) is 5.82 Å². The quantitative estimate of drug-likeness (QED) is 0.814. The van der Waals surface area contributed by atoms with E-state index in [1.165, 1.54) is 11.0 Å². The summed E-state index contributed by atoms with van der Waals surface area (Å²) in [5.74, 6) is 0.334. The third-order valence-electron chi connectivity index (χ3n) is 1.63. The van der Waals surface area contributed by atoms with Gasteiger partial charge in [-0.15, -0.1) is 9.90 Å². The lowest BCUT2D eigenvalue weighted by Gasteiger charge is -2.02. The number of nitrogen functional groups attached to an aromatic ring is 1. The summed E-state index contributed by atoms with van der Waals surface area (Å²) in [6.07, 6.45) is 1.44. The molecule has 2 aromatic rings. The maximum Gasteiger partial charge on any atom is 0.166 e. The highest BCUT2D eigenvalue weighted by Crippen LogP contribution is 2.23. The molecule has 6 heteroatoms. The van der Waals surface area contributed by atoms with Gasteiger partial charge in [-0.3, -0.25) is 0 Å². The molecule has 72 valence electrons. The van der Waals surface area contributed by atoms with E-state index in [0.29, 0.717) is 21.6 Å². The van der Waals surface area contributed by atoms with Gasteiger partial charge >= 0.3 is 0 Å². The van der Waals surface area contributed by atoms with Crippen LogP contribution in [0.1, 0.15) is 0 Å². The Kier molecular flexibility index (Phi) is 2.31. The van der Waals surface area contributed by atoms with Crippen LogP contribution in [0.15, 0.2) is 24.4 Å². The molecular formula is C8H6Cl2N4. The number of halogens is 2. The van der Waals surface area contributed by atoms with Crippen molar-refractivity contribution in [2.75, 3.05) is 5.73 Å². The summed E-state index contributed by atoms with van der Waals surface area (Å²) in [5, 5.41) is 8.94. The number of hydrogen-bond donors (Lipinski definition) is 1. The largest absolute Gasteiger partial charge is 0.381 e. The first-order valence-electron chi connectivity index (χ1n) is 3.80. The van der Waals surface area contributed by atoms with Crippen molar-refractivity contribution in [1.29, 1.82) is 0 Å². The lowest BCUT2D eigenvalue weighted by Crippen LogP contribution is -2.00.